The molecule has 0 unspecified atom stereocenters. The van der Waals surface area contributed by atoms with E-state index >= 15 is 0 Å². The van der Waals surface area contributed by atoms with Gasteiger partial charge in [-0.15, -0.1) is 0 Å². The third-order valence-corrected chi connectivity index (χ3v) is 2.61. The van der Waals surface area contributed by atoms with Gasteiger partial charge in [-0.05, 0) is 37.8 Å². The van der Waals surface area contributed by atoms with Crippen molar-refractivity contribution in [1.29, 1.82) is 0 Å². The van der Waals surface area contributed by atoms with Crippen LogP contribution in [0.4, 0.5) is 15.8 Å². The predicted octanol–water partition coefficient (Wildman–Crippen LogP) is 4.36. The van der Waals surface area contributed by atoms with Crippen LogP contribution in [0.25, 0.3) is 0 Å². The van der Waals surface area contributed by atoms with Gasteiger partial charge in [-0.1, -0.05) is 26.8 Å². The normalized spacial score (nSPS) is 12.3. The number of nitro groups is 1. The van der Waals surface area contributed by atoms with E-state index < -0.39 is 16.4 Å². The molecule has 0 radical (unpaired) electrons. The van der Waals surface area contributed by atoms with Gasteiger partial charge in [0.25, 0.3) is 0 Å². The molecule has 0 bridgehead atoms. The van der Waals surface area contributed by atoms with Gasteiger partial charge in [0, 0.05) is 5.54 Å². The zero-order valence-electron chi connectivity index (χ0n) is 12.1. The fraction of sp³-hybridized carbons (Fsp3) is 0.571. The lowest BCUT2D eigenvalue weighted by Crippen LogP contribution is -2.35. The van der Waals surface area contributed by atoms with Crippen LogP contribution in [0.15, 0.2) is 18.2 Å². The Hall–Kier alpha value is -1.65. The van der Waals surface area contributed by atoms with E-state index in [0.717, 1.165) is 12.5 Å². The van der Waals surface area contributed by atoms with Crippen LogP contribution < -0.4 is 5.32 Å². The van der Waals surface area contributed by atoms with Crippen molar-refractivity contribution in [3.8, 4) is 0 Å². The standard InChI is InChI=1S/C14H21FN2O2/c1-13(2,3)9-14(4,5)16-11-8-6-7-10(15)12(11)17(18)19/h6-8,16H,9H2,1-5H3. The molecule has 0 fully saturated rings. The second-order valence-corrected chi connectivity index (χ2v) is 6.64. The van der Waals surface area contributed by atoms with Crippen molar-refractivity contribution < 1.29 is 9.31 Å². The molecule has 0 aliphatic heterocycles. The third kappa shape index (κ3) is 4.50. The highest BCUT2D eigenvalue weighted by molar-refractivity contribution is 5.63. The number of benzene rings is 1. The van der Waals surface area contributed by atoms with Gasteiger partial charge in [0.15, 0.2) is 0 Å². The number of anilines is 1. The molecule has 0 saturated carbocycles. The Labute approximate surface area is 113 Å². The van der Waals surface area contributed by atoms with Crippen LogP contribution in [-0.2, 0) is 0 Å². The predicted molar refractivity (Wildman–Crippen MR) is 74.8 cm³/mol. The quantitative estimate of drug-likeness (QED) is 0.652. The Balaban J connectivity index is 3.06. The number of nitro benzene ring substituents is 1. The molecule has 0 atom stereocenters. The molecule has 5 heteroatoms. The summed E-state index contributed by atoms with van der Waals surface area (Å²) in [5.41, 5.74) is -0.571. The maximum Gasteiger partial charge on any atom is 0.327 e. The summed E-state index contributed by atoms with van der Waals surface area (Å²) in [6, 6.07) is 4.10. The highest BCUT2D eigenvalue weighted by Gasteiger charge is 2.29. The number of nitrogens with one attached hydrogen (secondary N) is 1. The number of nitrogens with zero attached hydrogens (tertiary/aromatic N) is 1. The summed E-state index contributed by atoms with van der Waals surface area (Å²) in [6.07, 6.45) is 0.799. The largest absolute Gasteiger partial charge is 0.374 e. The van der Waals surface area contributed by atoms with E-state index in [2.05, 4.69) is 26.1 Å². The van der Waals surface area contributed by atoms with Gasteiger partial charge >= 0.3 is 5.69 Å². The number of para-hydroxylation sites is 1. The minimum Gasteiger partial charge on any atom is -0.374 e. The van der Waals surface area contributed by atoms with E-state index in [0.29, 0.717) is 0 Å². The summed E-state index contributed by atoms with van der Waals surface area (Å²) in [7, 11) is 0. The molecular weight excluding hydrogens is 247 g/mol. The third-order valence-electron chi connectivity index (χ3n) is 2.61. The molecule has 0 saturated heterocycles. The van der Waals surface area contributed by atoms with Crippen molar-refractivity contribution in [2.45, 2.75) is 46.6 Å². The first-order valence-electron chi connectivity index (χ1n) is 6.23. The Morgan fingerprint density at radius 2 is 1.84 bits per heavy atom. The summed E-state index contributed by atoms with van der Waals surface area (Å²) in [5.74, 6) is -0.818. The average molecular weight is 268 g/mol. The molecule has 19 heavy (non-hydrogen) atoms. The van der Waals surface area contributed by atoms with E-state index in [-0.39, 0.29) is 16.6 Å². The topological polar surface area (TPSA) is 55.2 Å². The fourth-order valence-corrected chi connectivity index (χ4v) is 2.54. The van der Waals surface area contributed by atoms with Crippen molar-refractivity contribution in [3.05, 3.63) is 34.1 Å². The molecule has 1 aromatic carbocycles. The van der Waals surface area contributed by atoms with Crippen molar-refractivity contribution >= 4 is 11.4 Å². The molecule has 0 aliphatic rings. The summed E-state index contributed by atoms with van der Waals surface area (Å²) >= 11 is 0. The van der Waals surface area contributed by atoms with E-state index in [1.807, 2.05) is 13.8 Å². The highest BCUT2D eigenvalue weighted by Crippen LogP contribution is 2.34. The Morgan fingerprint density at radius 1 is 1.26 bits per heavy atom. The molecule has 0 amide bonds. The lowest BCUT2D eigenvalue weighted by atomic mass is 9.81. The molecule has 1 aromatic rings. The van der Waals surface area contributed by atoms with Gasteiger partial charge in [0.2, 0.25) is 5.82 Å². The van der Waals surface area contributed by atoms with Crippen molar-refractivity contribution in [1.82, 2.24) is 0 Å². The maximum absolute atomic E-state index is 13.5. The van der Waals surface area contributed by atoms with E-state index in [1.54, 1.807) is 0 Å². The minimum absolute atomic E-state index is 0.0681. The lowest BCUT2D eigenvalue weighted by molar-refractivity contribution is -0.386. The van der Waals surface area contributed by atoms with Crippen LogP contribution in [0.2, 0.25) is 0 Å². The van der Waals surface area contributed by atoms with Crippen LogP contribution in [0.5, 0.6) is 0 Å². The van der Waals surface area contributed by atoms with Crippen LogP contribution in [0.3, 0.4) is 0 Å². The van der Waals surface area contributed by atoms with Gasteiger partial charge in [-0.25, -0.2) is 0 Å². The number of halogens is 1. The van der Waals surface area contributed by atoms with Gasteiger partial charge in [0.1, 0.15) is 5.69 Å². The molecular formula is C14H21FN2O2. The van der Waals surface area contributed by atoms with Gasteiger partial charge in [-0.3, -0.25) is 10.1 Å². The SMILES string of the molecule is CC(C)(C)CC(C)(C)Nc1cccc(F)c1[N+](=O)[O-]. The fourth-order valence-electron chi connectivity index (χ4n) is 2.54. The maximum atomic E-state index is 13.5. The molecule has 1 rings (SSSR count). The van der Waals surface area contributed by atoms with Crippen LogP contribution in [-0.4, -0.2) is 10.5 Å². The van der Waals surface area contributed by atoms with Crippen LogP contribution >= 0.6 is 0 Å². The first kappa shape index (κ1) is 15.4. The van der Waals surface area contributed by atoms with Gasteiger partial charge < -0.3 is 5.32 Å². The van der Waals surface area contributed by atoms with E-state index in [4.69, 9.17) is 0 Å². The second-order valence-electron chi connectivity index (χ2n) is 6.64. The molecule has 4 nitrogen and oxygen atoms in total. The zero-order chi connectivity index (χ0) is 14.8. The summed E-state index contributed by atoms with van der Waals surface area (Å²) < 4.78 is 13.5. The number of rotatable bonds is 4. The monoisotopic (exact) mass is 268 g/mol. The summed E-state index contributed by atoms with van der Waals surface area (Å²) in [5, 5.41) is 14.0. The second kappa shape index (κ2) is 5.15. The Morgan fingerprint density at radius 3 is 2.32 bits per heavy atom. The molecule has 0 heterocycles. The summed E-state index contributed by atoms with van der Waals surface area (Å²) in [4.78, 5) is 10.2. The number of hydrogen-bond acceptors (Lipinski definition) is 3. The summed E-state index contributed by atoms with van der Waals surface area (Å²) in [6.45, 7) is 10.2. The van der Waals surface area contributed by atoms with Gasteiger partial charge in [0.05, 0.1) is 4.92 Å². The first-order valence-corrected chi connectivity index (χ1v) is 6.23. The van der Waals surface area contributed by atoms with Crippen molar-refractivity contribution in [2.24, 2.45) is 5.41 Å². The van der Waals surface area contributed by atoms with Crippen LogP contribution in [0, 0.1) is 21.3 Å². The smallest absolute Gasteiger partial charge is 0.327 e. The molecule has 106 valence electrons. The molecule has 1 N–H and O–H groups in total. The molecule has 0 aromatic heterocycles. The minimum atomic E-state index is -0.818. The molecule has 0 spiro atoms. The number of hydrogen-bond donors (Lipinski definition) is 1. The Bertz CT molecular complexity index is 479. The van der Waals surface area contributed by atoms with Gasteiger partial charge in [-0.2, -0.15) is 4.39 Å². The van der Waals surface area contributed by atoms with Crippen molar-refractivity contribution in [3.63, 3.8) is 0 Å². The first-order chi connectivity index (χ1) is 8.52. The Kier molecular flexibility index (Phi) is 4.18. The van der Waals surface area contributed by atoms with E-state index in [1.165, 1.54) is 12.1 Å². The average Bonchev–Trinajstić information content (AvgIpc) is 2.11. The van der Waals surface area contributed by atoms with Crippen LogP contribution in [0.1, 0.15) is 41.0 Å². The van der Waals surface area contributed by atoms with Crippen molar-refractivity contribution in [2.75, 3.05) is 5.32 Å². The lowest BCUT2D eigenvalue weighted by Gasteiger charge is -2.34. The highest BCUT2D eigenvalue weighted by atomic mass is 19.1. The van der Waals surface area contributed by atoms with E-state index in [9.17, 15) is 14.5 Å². The zero-order valence-corrected chi connectivity index (χ0v) is 12.1. The molecule has 0 aliphatic carbocycles.